The Bertz CT molecular complexity index is 413. The van der Waals surface area contributed by atoms with Crippen molar-refractivity contribution >= 4 is 11.6 Å². The maximum Gasteiger partial charge on any atom is 0.254 e. The fraction of sp³-hybridized carbons (Fsp3) is 0.462. The lowest BCUT2D eigenvalue weighted by Crippen LogP contribution is -2.28. The Morgan fingerprint density at radius 2 is 2.29 bits per heavy atom. The van der Waals surface area contributed by atoms with E-state index in [2.05, 4.69) is 6.92 Å². The third-order valence-electron chi connectivity index (χ3n) is 3.32. The van der Waals surface area contributed by atoms with Crippen molar-refractivity contribution < 1.29 is 9.18 Å². The summed E-state index contributed by atoms with van der Waals surface area (Å²) in [5.74, 6) is -0.00315. The van der Waals surface area contributed by atoms with E-state index in [0.717, 1.165) is 25.9 Å². The molecule has 1 fully saturated rings. The molecule has 1 aromatic rings. The molecule has 3 nitrogen and oxygen atoms in total. The van der Waals surface area contributed by atoms with Gasteiger partial charge in [0.2, 0.25) is 0 Å². The predicted molar refractivity (Wildman–Crippen MR) is 65.1 cm³/mol. The molecule has 1 aromatic carbocycles. The van der Waals surface area contributed by atoms with Crippen molar-refractivity contribution in [3.8, 4) is 0 Å². The van der Waals surface area contributed by atoms with Gasteiger partial charge in [0, 0.05) is 24.3 Å². The molecular formula is C13H17FN2O. The number of nitrogen functional groups attached to an aromatic ring is 1. The van der Waals surface area contributed by atoms with E-state index in [1.54, 1.807) is 4.90 Å². The van der Waals surface area contributed by atoms with Crippen molar-refractivity contribution in [2.75, 3.05) is 18.8 Å². The van der Waals surface area contributed by atoms with Gasteiger partial charge in [-0.3, -0.25) is 4.79 Å². The first-order chi connectivity index (χ1) is 8.10. The molecule has 1 atom stereocenters. The van der Waals surface area contributed by atoms with Crippen molar-refractivity contribution in [1.29, 1.82) is 0 Å². The third kappa shape index (κ3) is 2.57. The van der Waals surface area contributed by atoms with Crippen molar-refractivity contribution in [3.63, 3.8) is 0 Å². The molecule has 17 heavy (non-hydrogen) atoms. The monoisotopic (exact) mass is 236 g/mol. The molecule has 4 heteroatoms. The highest BCUT2D eigenvalue weighted by atomic mass is 19.1. The molecule has 92 valence electrons. The van der Waals surface area contributed by atoms with E-state index in [-0.39, 0.29) is 5.91 Å². The summed E-state index contributed by atoms with van der Waals surface area (Å²) in [6, 6.07) is 4.00. The molecule has 2 N–H and O–H groups in total. The number of rotatable bonds is 2. The average molecular weight is 236 g/mol. The highest BCUT2D eigenvalue weighted by Crippen LogP contribution is 2.22. The number of nitrogens with two attached hydrogens (primary N) is 1. The Balaban J connectivity index is 2.14. The van der Waals surface area contributed by atoms with Crippen LogP contribution in [0.4, 0.5) is 10.1 Å². The van der Waals surface area contributed by atoms with E-state index in [0.29, 0.717) is 17.2 Å². The standard InChI is InChI=1S/C13H17FN2O/c1-2-9-3-4-16(8-9)13(17)10-5-11(14)7-12(15)6-10/h5-7,9H,2-4,8,15H2,1H3. The molecule has 0 aromatic heterocycles. The highest BCUT2D eigenvalue weighted by molar-refractivity contribution is 5.95. The Labute approximate surface area is 100 Å². The zero-order valence-electron chi connectivity index (χ0n) is 9.95. The van der Waals surface area contributed by atoms with Crippen molar-refractivity contribution in [3.05, 3.63) is 29.6 Å². The molecule has 1 saturated heterocycles. The predicted octanol–water partition coefficient (Wildman–Crippen LogP) is 2.28. The molecule has 1 unspecified atom stereocenters. The highest BCUT2D eigenvalue weighted by Gasteiger charge is 2.26. The lowest BCUT2D eigenvalue weighted by atomic mass is 10.1. The van der Waals surface area contributed by atoms with Gasteiger partial charge in [-0.1, -0.05) is 13.3 Å². The second-order valence-corrected chi connectivity index (χ2v) is 4.59. The fourth-order valence-electron chi connectivity index (χ4n) is 2.27. The van der Waals surface area contributed by atoms with Gasteiger partial charge in [0.05, 0.1) is 0 Å². The summed E-state index contributed by atoms with van der Waals surface area (Å²) in [6.07, 6.45) is 2.11. The van der Waals surface area contributed by atoms with Gasteiger partial charge < -0.3 is 10.6 Å². The van der Waals surface area contributed by atoms with E-state index >= 15 is 0 Å². The number of benzene rings is 1. The molecule has 1 amide bonds. The van der Waals surface area contributed by atoms with E-state index in [4.69, 9.17) is 5.73 Å². The summed E-state index contributed by atoms with van der Waals surface area (Å²) in [6.45, 7) is 3.65. The normalized spacial score (nSPS) is 19.6. The Morgan fingerprint density at radius 3 is 2.88 bits per heavy atom. The van der Waals surface area contributed by atoms with Crippen LogP contribution in [0.3, 0.4) is 0 Å². The third-order valence-corrected chi connectivity index (χ3v) is 3.32. The van der Waals surface area contributed by atoms with Gasteiger partial charge in [0.15, 0.2) is 0 Å². The first kappa shape index (κ1) is 11.9. The lowest BCUT2D eigenvalue weighted by Gasteiger charge is -2.16. The second-order valence-electron chi connectivity index (χ2n) is 4.59. The summed E-state index contributed by atoms with van der Waals surface area (Å²) in [4.78, 5) is 13.9. The summed E-state index contributed by atoms with van der Waals surface area (Å²) in [5.41, 5.74) is 6.18. The van der Waals surface area contributed by atoms with Gasteiger partial charge in [0.1, 0.15) is 5.82 Å². The quantitative estimate of drug-likeness (QED) is 0.801. The smallest absolute Gasteiger partial charge is 0.254 e. The number of carbonyl (C=O) groups is 1. The van der Waals surface area contributed by atoms with Crippen molar-refractivity contribution in [2.45, 2.75) is 19.8 Å². The summed E-state index contributed by atoms with van der Waals surface area (Å²) in [7, 11) is 0. The molecule has 1 heterocycles. The SMILES string of the molecule is CCC1CCN(C(=O)c2cc(N)cc(F)c2)C1. The van der Waals surface area contributed by atoms with Gasteiger partial charge in [0.25, 0.3) is 5.91 Å². The number of hydrogen-bond donors (Lipinski definition) is 1. The van der Waals surface area contributed by atoms with Crippen LogP contribution in [0, 0.1) is 11.7 Å². The van der Waals surface area contributed by atoms with E-state index in [1.165, 1.54) is 18.2 Å². The number of anilines is 1. The second kappa shape index (κ2) is 4.73. The molecule has 0 bridgehead atoms. The summed E-state index contributed by atoms with van der Waals surface area (Å²) >= 11 is 0. The number of amides is 1. The van der Waals surface area contributed by atoms with Gasteiger partial charge >= 0.3 is 0 Å². The topological polar surface area (TPSA) is 46.3 Å². The van der Waals surface area contributed by atoms with Crippen LogP contribution in [-0.4, -0.2) is 23.9 Å². The Morgan fingerprint density at radius 1 is 1.53 bits per heavy atom. The Kier molecular flexibility index (Phi) is 3.31. The maximum absolute atomic E-state index is 13.2. The van der Waals surface area contributed by atoms with Crippen LogP contribution in [-0.2, 0) is 0 Å². The first-order valence-corrected chi connectivity index (χ1v) is 5.95. The Hall–Kier alpha value is -1.58. The number of hydrogen-bond acceptors (Lipinski definition) is 2. The minimum Gasteiger partial charge on any atom is -0.399 e. The molecule has 1 aliphatic rings. The van der Waals surface area contributed by atoms with Crippen LogP contribution >= 0.6 is 0 Å². The molecule has 0 saturated carbocycles. The van der Waals surface area contributed by atoms with E-state index in [9.17, 15) is 9.18 Å². The van der Waals surface area contributed by atoms with Gasteiger partial charge in [-0.15, -0.1) is 0 Å². The minimum atomic E-state index is -0.459. The van der Waals surface area contributed by atoms with Crippen molar-refractivity contribution in [2.24, 2.45) is 5.92 Å². The number of likely N-dealkylation sites (tertiary alicyclic amines) is 1. The summed E-state index contributed by atoms with van der Waals surface area (Å²) < 4.78 is 13.2. The van der Waals surface area contributed by atoms with Crippen LogP contribution in [0.1, 0.15) is 30.1 Å². The largest absolute Gasteiger partial charge is 0.399 e. The van der Waals surface area contributed by atoms with Gasteiger partial charge in [-0.05, 0) is 30.5 Å². The zero-order valence-corrected chi connectivity index (χ0v) is 9.95. The van der Waals surface area contributed by atoms with E-state index in [1.807, 2.05) is 0 Å². The van der Waals surface area contributed by atoms with E-state index < -0.39 is 5.82 Å². The number of halogens is 1. The van der Waals surface area contributed by atoms with Crippen molar-refractivity contribution in [1.82, 2.24) is 4.90 Å². The van der Waals surface area contributed by atoms with Gasteiger partial charge in [-0.2, -0.15) is 0 Å². The fourth-order valence-corrected chi connectivity index (χ4v) is 2.27. The minimum absolute atomic E-state index is 0.118. The number of carbonyl (C=O) groups excluding carboxylic acids is 1. The molecule has 0 radical (unpaired) electrons. The average Bonchev–Trinajstić information content (AvgIpc) is 2.75. The summed E-state index contributed by atoms with van der Waals surface area (Å²) in [5, 5.41) is 0. The molecule has 0 spiro atoms. The van der Waals surface area contributed by atoms with Crippen LogP contribution in [0.15, 0.2) is 18.2 Å². The maximum atomic E-state index is 13.2. The zero-order chi connectivity index (χ0) is 12.4. The van der Waals surface area contributed by atoms with Crippen LogP contribution < -0.4 is 5.73 Å². The van der Waals surface area contributed by atoms with Crippen LogP contribution in [0.25, 0.3) is 0 Å². The van der Waals surface area contributed by atoms with Crippen LogP contribution in [0.2, 0.25) is 0 Å². The molecule has 0 aliphatic carbocycles. The first-order valence-electron chi connectivity index (χ1n) is 5.95. The van der Waals surface area contributed by atoms with Crippen LogP contribution in [0.5, 0.6) is 0 Å². The van der Waals surface area contributed by atoms with Gasteiger partial charge in [-0.25, -0.2) is 4.39 Å². The number of nitrogens with zero attached hydrogens (tertiary/aromatic N) is 1. The molecule has 1 aliphatic heterocycles. The molecular weight excluding hydrogens is 219 g/mol. The molecule has 2 rings (SSSR count). The lowest BCUT2D eigenvalue weighted by molar-refractivity contribution is 0.0786.